The summed E-state index contributed by atoms with van der Waals surface area (Å²) in [5, 5.41) is 1.00. The van der Waals surface area contributed by atoms with E-state index < -0.39 is 0 Å². The molecule has 0 unspecified atom stereocenters. The number of hydrogen-bond acceptors (Lipinski definition) is 1. The molecule has 0 aromatic heterocycles. The number of alkyl halides is 1. The molecule has 0 spiro atoms. The molecule has 0 atom stereocenters. The molecule has 2 heteroatoms. The molecule has 1 aliphatic heterocycles. The van der Waals surface area contributed by atoms with Crippen LogP contribution < -0.4 is 0 Å². The molecule has 0 saturated heterocycles. The minimum absolute atomic E-state index is 1.00. The minimum atomic E-state index is 1.00. The van der Waals surface area contributed by atoms with Crippen molar-refractivity contribution in [1.29, 1.82) is 0 Å². The molecule has 0 fully saturated rings. The Morgan fingerprint density at radius 1 is 1.88 bits per heavy atom. The van der Waals surface area contributed by atoms with Crippen molar-refractivity contribution >= 4 is 15.9 Å². The Morgan fingerprint density at radius 2 is 2.62 bits per heavy atom. The highest BCUT2D eigenvalue weighted by Crippen LogP contribution is 2.13. The summed E-state index contributed by atoms with van der Waals surface area (Å²) in [4.78, 5) is 2.27. The Kier molecular flexibility index (Phi) is 1.95. The standard InChI is InChI=1S/C6H10BrN/c1-8-4-2-3-6(8)5-7/h3H,2,4-5H2,1H3. The summed E-state index contributed by atoms with van der Waals surface area (Å²) < 4.78 is 0. The molecule has 1 nitrogen and oxygen atoms in total. The lowest BCUT2D eigenvalue weighted by molar-refractivity contribution is 0.462. The summed E-state index contributed by atoms with van der Waals surface area (Å²) in [6.45, 7) is 1.20. The van der Waals surface area contributed by atoms with Crippen molar-refractivity contribution in [1.82, 2.24) is 4.90 Å². The predicted molar refractivity (Wildman–Crippen MR) is 39.1 cm³/mol. The molecular formula is C6H10BrN. The van der Waals surface area contributed by atoms with Crippen molar-refractivity contribution < 1.29 is 0 Å². The Hall–Kier alpha value is 0.0200. The average molecular weight is 176 g/mol. The Balaban J connectivity index is 2.49. The normalized spacial score (nSPS) is 19.2. The lowest BCUT2D eigenvalue weighted by Gasteiger charge is -2.12. The molecule has 0 radical (unpaired) electrons. The molecule has 0 aliphatic carbocycles. The van der Waals surface area contributed by atoms with Crippen LogP contribution in [0.2, 0.25) is 0 Å². The van der Waals surface area contributed by atoms with E-state index in [4.69, 9.17) is 0 Å². The molecule has 46 valence electrons. The molecule has 0 amide bonds. The van der Waals surface area contributed by atoms with E-state index in [1.165, 1.54) is 18.7 Å². The summed E-state index contributed by atoms with van der Waals surface area (Å²) in [6, 6.07) is 0. The number of rotatable bonds is 1. The van der Waals surface area contributed by atoms with Gasteiger partial charge >= 0.3 is 0 Å². The van der Waals surface area contributed by atoms with Crippen LogP contribution in [0.5, 0.6) is 0 Å². The van der Waals surface area contributed by atoms with Gasteiger partial charge in [-0.25, -0.2) is 0 Å². The highest BCUT2D eigenvalue weighted by molar-refractivity contribution is 9.09. The zero-order chi connectivity index (χ0) is 5.98. The fourth-order valence-electron chi connectivity index (χ4n) is 0.881. The smallest absolute Gasteiger partial charge is 0.0429 e. The summed E-state index contributed by atoms with van der Waals surface area (Å²) >= 11 is 3.41. The summed E-state index contributed by atoms with van der Waals surface area (Å²) in [5.41, 5.74) is 1.42. The van der Waals surface area contributed by atoms with Gasteiger partial charge in [0.15, 0.2) is 0 Å². The van der Waals surface area contributed by atoms with Crippen molar-refractivity contribution in [2.45, 2.75) is 6.42 Å². The molecule has 0 N–H and O–H groups in total. The molecule has 1 heterocycles. The second kappa shape index (κ2) is 2.53. The predicted octanol–water partition coefficient (Wildman–Crippen LogP) is 1.60. The zero-order valence-corrected chi connectivity index (χ0v) is 6.61. The van der Waals surface area contributed by atoms with Gasteiger partial charge < -0.3 is 4.90 Å². The number of nitrogens with zero attached hydrogens (tertiary/aromatic N) is 1. The van der Waals surface area contributed by atoms with Gasteiger partial charge in [-0.05, 0) is 6.42 Å². The van der Waals surface area contributed by atoms with Gasteiger partial charge in [-0.3, -0.25) is 0 Å². The summed E-state index contributed by atoms with van der Waals surface area (Å²) in [7, 11) is 2.13. The monoisotopic (exact) mass is 175 g/mol. The van der Waals surface area contributed by atoms with Gasteiger partial charge in [0.2, 0.25) is 0 Å². The van der Waals surface area contributed by atoms with Crippen LogP contribution in [-0.2, 0) is 0 Å². The van der Waals surface area contributed by atoms with Gasteiger partial charge in [-0.2, -0.15) is 0 Å². The number of hydrogen-bond donors (Lipinski definition) is 0. The SMILES string of the molecule is CN1CCC=C1CBr. The van der Waals surface area contributed by atoms with Crippen LogP contribution in [-0.4, -0.2) is 23.8 Å². The first-order valence-electron chi connectivity index (χ1n) is 2.80. The first kappa shape index (κ1) is 6.14. The quantitative estimate of drug-likeness (QED) is 0.548. The molecule has 0 bridgehead atoms. The van der Waals surface area contributed by atoms with Crippen molar-refractivity contribution in [2.24, 2.45) is 0 Å². The van der Waals surface area contributed by atoms with Gasteiger partial charge in [0.25, 0.3) is 0 Å². The fourth-order valence-corrected chi connectivity index (χ4v) is 1.54. The highest BCUT2D eigenvalue weighted by Gasteiger charge is 2.06. The zero-order valence-electron chi connectivity index (χ0n) is 5.02. The lowest BCUT2D eigenvalue weighted by atomic mass is 10.4. The third-order valence-electron chi connectivity index (χ3n) is 1.47. The topological polar surface area (TPSA) is 3.24 Å². The van der Waals surface area contributed by atoms with Crippen LogP contribution in [0.4, 0.5) is 0 Å². The number of allylic oxidation sites excluding steroid dienone is 1. The fraction of sp³-hybridized carbons (Fsp3) is 0.667. The van der Waals surface area contributed by atoms with E-state index in [0.717, 1.165) is 5.33 Å². The molecule has 0 aromatic rings. The maximum absolute atomic E-state index is 3.41. The van der Waals surface area contributed by atoms with Crippen LogP contribution in [0.3, 0.4) is 0 Å². The first-order chi connectivity index (χ1) is 3.84. The van der Waals surface area contributed by atoms with Crippen LogP contribution in [0, 0.1) is 0 Å². The van der Waals surface area contributed by atoms with Crippen molar-refractivity contribution in [2.75, 3.05) is 18.9 Å². The van der Waals surface area contributed by atoms with E-state index in [-0.39, 0.29) is 0 Å². The van der Waals surface area contributed by atoms with Crippen molar-refractivity contribution in [3.05, 3.63) is 11.8 Å². The van der Waals surface area contributed by atoms with E-state index in [2.05, 4.69) is 34.0 Å². The second-order valence-corrected chi connectivity index (χ2v) is 2.60. The van der Waals surface area contributed by atoms with Crippen LogP contribution in [0.25, 0.3) is 0 Å². The van der Waals surface area contributed by atoms with E-state index in [0.29, 0.717) is 0 Å². The van der Waals surface area contributed by atoms with E-state index in [1.54, 1.807) is 0 Å². The van der Waals surface area contributed by atoms with Crippen molar-refractivity contribution in [3.63, 3.8) is 0 Å². The van der Waals surface area contributed by atoms with Gasteiger partial charge in [-0.15, -0.1) is 0 Å². The first-order valence-corrected chi connectivity index (χ1v) is 3.93. The van der Waals surface area contributed by atoms with Gasteiger partial charge in [0, 0.05) is 24.6 Å². The highest BCUT2D eigenvalue weighted by atomic mass is 79.9. The summed E-state index contributed by atoms with van der Waals surface area (Å²) in [6.07, 6.45) is 3.49. The molecule has 1 aliphatic rings. The Morgan fingerprint density at radius 3 is 2.88 bits per heavy atom. The van der Waals surface area contributed by atoms with E-state index >= 15 is 0 Å². The molecule has 0 aromatic carbocycles. The molecular weight excluding hydrogens is 166 g/mol. The second-order valence-electron chi connectivity index (χ2n) is 2.04. The van der Waals surface area contributed by atoms with Gasteiger partial charge in [-0.1, -0.05) is 22.0 Å². The van der Waals surface area contributed by atoms with Crippen LogP contribution in [0.1, 0.15) is 6.42 Å². The third-order valence-corrected chi connectivity index (χ3v) is 2.05. The Bertz CT molecular complexity index is 109. The molecule has 8 heavy (non-hydrogen) atoms. The van der Waals surface area contributed by atoms with Gasteiger partial charge in [0.05, 0.1) is 0 Å². The Labute approximate surface area is 58.5 Å². The minimum Gasteiger partial charge on any atom is -0.377 e. The van der Waals surface area contributed by atoms with Gasteiger partial charge in [0.1, 0.15) is 0 Å². The van der Waals surface area contributed by atoms with Crippen LogP contribution >= 0.6 is 15.9 Å². The number of halogens is 1. The third kappa shape index (κ3) is 1.05. The molecule has 1 rings (SSSR count). The van der Waals surface area contributed by atoms with Crippen molar-refractivity contribution in [3.8, 4) is 0 Å². The lowest BCUT2D eigenvalue weighted by Crippen LogP contribution is -2.13. The van der Waals surface area contributed by atoms with E-state index in [1.807, 2.05) is 0 Å². The maximum Gasteiger partial charge on any atom is 0.0429 e. The largest absolute Gasteiger partial charge is 0.377 e. The average Bonchev–Trinajstić information content (AvgIpc) is 2.14. The maximum atomic E-state index is 3.41. The summed E-state index contributed by atoms with van der Waals surface area (Å²) in [5.74, 6) is 0. The molecule has 0 saturated carbocycles. The van der Waals surface area contributed by atoms with E-state index in [9.17, 15) is 0 Å². The van der Waals surface area contributed by atoms with Crippen LogP contribution in [0.15, 0.2) is 11.8 Å².